The summed E-state index contributed by atoms with van der Waals surface area (Å²) in [6, 6.07) is 9.81. The van der Waals surface area contributed by atoms with Gasteiger partial charge in [0.2, 0.25) is 5.43 Å². The summed E-state index contributed by atoms with van der Waals surface area (Å²) in [5.74, 6) is 1.52. The zero-order valence-electron chi connectivity index (χ0n) is 12.8. The van der Waals surface area contributed by atoms with E-state index in [1.54, 1.807) is 32.4 Å². The van der Waals surface area contributed by atoms with Crippen LogP contribution in [-0.4, -0.2) is 26.4 Å². The fraction of sp³-hybridized carbons (Fsp3) is 0.235. The van der Waals surface area contributed by atoms with Gasteiger partial charge in [0.15, 0.2) is 5.75 Å². The van der Waals surface area contributed by atoms with Crippen LogP contribution in [0.5, 0.6) is 23.0 Å². The maximum absolute atomic E-state index is 11.8. The van der Waals surface area contributed by atoms with Crippen molar-refractivity contribution >= 4 is 0 Å². The lowest BCUT2D eigenvalue weighted by Crippen LogP contribution is -1.99. The number of hydrogen-bond acceptors (Lipinski definition) is 5. The van der Waals surface area contributed by atoms with Crippen molar-refractivity contribution in [2.45, 2.75) is 6.42 Å². The lowest BCUT2D eigenvalue weighted by molar-refractivity contribution is 0.399. The lowest BCUT2D eigenvalue weighted by Gasteiger charge is -2.10. The maximum atomic E-state index is 11.8. The Kier molecular flexibility index (Phi) is 4.88. The van der Waals surface area contributed by atoms with Gasteiger partial charge in [-0.15, -0.1) is 0 Å². The van der Waals surface area contributed by atoms with E-state index in [-0.39, 0.29) is 5.75 Å². The van der Waals surface area contributed by atoms with E-state index in [4.69, 9.17) is 14.2 Å². The number of benzene rings is 1. The fourth-order valence-electron chi connectivity index (χ4n) is 2.17. The van der Waals surface area contributed by atoms with Crippen molar-refractivity contribution in [3.63, 3.8) is 0 Å². The zero-order chi connectivity index (χ0) is 16.1. The molecular weight excluding hydrogens is 284 g/mol. The molecule has 22 heavy (non-hydrogen) atoms. The third-order valence-electron chi connectivity index (χ3n) is 3.36. The van der Waals surface area contributed by atoms with Gasteiger partial charge < -0.3 is 19.3 Å². The molecule has 0 atom stereocenters. The molecule has 0 heterocycles. The molecule has 0 radical (unpaired) electrons. The van der Waals surface area contributed by atoms with Crippen LogP contribution in [0.4, 0.5) is 0 Å². The Hall–Kier alpha value is -2.69. The SMILES string of the molecule is COc1ccc(OC)c(Cc2cc(OC)ccc(=O)c2O)c1. The van der Waals surface area contributed by atoms with Crippen LogP contribution >= 0.6 is 0 Å². The highest BCUT2D eigenvalue weighted by Gasteiger charge is 2.11. The number of hydrogen-bond donors (Lipinski definition) is 1. The molecule has 5 nitrogen and oxygen atoms in total. The van der Waals surface area contributed by atoms with Gasteiger partial charge in [0, 0.05) is 17.5 Å². The van der Waals surface area contributed by atoms with Gasteiger partial charge in [0.25, 0.3) is 0 Å². The van der Waals surface area contributed by atoms with E-state index in [2.05, 4.69) is 0 Å². The highest BCUT2D eigenvalue weighted by Crippen LogP contribution is 2.28. The van der Waals surface area contributed by atoms with Gasteiger partial charge in [-0.3, -0.25) is 4.79 Å². The van der Waals surface area contributed by atoms with E-state index >= 15 is 0 Å². The van der Waals surface area contributed by atoms with Gasteiger partial charge >= 0.3 is 0 Å². The van der Waals surface area contributed by atoms with Crippen molar-refractivity contribution in [2.75, 3.05) is 21.3 Å². The fourth-order valence-corrected chi connectivity index (χ4v) is 2.17. The summed E-state index contributed by atoms with van der Waals surface area (Å²) < 4.78 is 15.7. The molecule has 0 saturated carbocycles. The first-order valence-corrected chi connectivity index (χ1v) is 6.70. The summed E-state index contributed by atoms with van der Waals surface area (Å²) >= 11 is 0. The number of methoxy groups -OCH3 is 3. The van der Waals surface area contributed by atoms with Gasteiger partial charge in [-0.25, -0.2) is 0 Å². The topological polar surface area (TPSA) is 65.0 Å². The molecule has 0 aliphatic rings. The Morgan fingerprint density at radius 3 is 2.05 bits per heavy atom. The van der Waals surface area contributed by atoms with Gasteiger partial charge in [0.1, 0.15) is 17.2 Å². The van der Waals surface area contributed by atoms with Crippen molar-refractivity contribution < 1.29 is 19.3 Å². The minimum Gasteiger partial charge on any atom is -0.504 e. The monoisotopic (exact) mass is 302 g/mol. The number of ether oxygens (including phenoxy) is 3. The van der Waals surface area contributed by atoms with E-state index < -0.39 is 5.43 Å². The van der Waals surface area contributed by atoms with Gasteiger partial charge in [0.05, 0.1) is 21.3 Å². The van der Waals surface area contributed by atoms with E-state index in [9.17, 15) is 9.90 Å². The van der Waals surface area contributed by atoms with Crippen molar-refractivity contribution in [2.24, 2.45) is 0 Å². The molecule has 116 valence electrons. The van der Waals surface area contributed by atoms with E-state index in [0.717, 1.165) is 5.56 Å². The molecule has 0 saturated heterocycles. The van der Waals surface area contributed by atoms with Crippen LogP contribution in [0.15, 0.2) is 41.2 Å². The van der Waals surface area contributed by atoms with Crippen molar-refractivity contribution in [3.05, 3.63) is 57.7 Å². The predicted octanol–water partition coefficient (Wildman–Crippen LogP) is 2.37. The molecule has 0 fully saturated rings. The van der Waals surface area contributed by atoms with Crippen molar-refractivity contribution in [1.82, 2.24) is 0 Å². The van der Waals surface area contributed by atoms with E-state index in [1.165, 1.54) is 19.2 Å². The Balaban J connectivity index is 2.53. The van der Waals surface area contributed by atoms with Crippen LogP contribution in [0.25, 0.3) is 0 Å². The van der Waals surface area contributed by atoms with Crippen LogP contribution in [0.2, 0.25) is 0 Å². The minimum absolute atomic E-state index is 0.298. The van der Waals surface area contributed by atoms with Gasteiger partial charge in [-0.05, 0) is 36.4 Å². The first-order valence-electron chi connectivity index (χ1n) is 6.70. The molecule has 2 aromatic carbocycles. The predicted molar refractivity (Wildman–Crippen MR) is 83.3 cm³/mol. The van der Waals surface area contributed by atoms with Gasteiger partial charge in [-0.2, -0.15) is 0 Å². The molecule has 0 aromatic heterocycles. The molecule has 0 amide bonds. The van der Waals surface area contributed by atoms with Crippen molar-refractivity contribution in [3.8, 4) is 23.0 Å². The van der Waals surface area contributed by atoms with Gasteiger partial charge in [-0.1, -0.05) is 0 Å². The van der Waals surface area contributed by atoms with Crippen LogP contribution in [0.3, 0.4) is 0 Å². The second-order valence-corrected chi connectivity index (χ2v) is 4.68. The molecular formula is C17H18O5. The molecule has 0 bridgehead atoms. The van der Waals surface area contributed by atoms with E-state index in [1.807, 2.05) is 6.07 Å². The summed E-state index contributed by atoms with van der Waals surface area (Å²) in [4.78, 5) is 11.8. The standard InChI is InChI=1S/C17H18O5/c1-20-13-4-6-15(18)17(19)12(10-13)8-11-9-14(21-2)5-7-16(11)22-3/h4-7,9-10H,8H2,1-3H3,(H,18,19). The lowest BCUT2D eigenvalue weighted by atomic mass is 10.0. The third kappa shape index (κ3) is 3.31. The molecule has 0 unspecified atom stereocenters. The molecule has 0 aliphatic carbocycles. The minimum atomic E-state index is -0.458. The van der Waals surface area contributed by atoms with Crippen LogP contribution < -0.4 is 19.6 Å². The Morgan fingerprint density at radius 2 is 1.45 bits per heavy atom. The summed E-state index contributed by atoms with van der Waals surface area (Å²) in [6.45, 7) is 0. The highest BCUT2D eigenvalue weighted by molar-refractivity contribution is 5.46. The summed E-state index contributed by atoms with van der Waals surface area (Å²) in [5.41, 5.74) is 0.795. The molecule has 2 aromatic rings. The highest BCUT2D eigenvalue weighted by atomic mass is 16.5. The first kappa shape index (κ1) is 15.7. The smallest absolute Gasteiger partial charge is 0.220 e. The molecule has 2 rings (SSSR count). The maximum Gasteiger partial charge on any atom is 0.220 e. The molecule has 0 aliphatic heterocycles. The van der Waals surface area contributed by atoms with E-state index in [0.29, 0.717) is 29.2 Å². The van der Waals surface area contributed by atoms with Crippen LogP contribution in [0.1, 0.15) is 11.1 Å². The second-order valence-electron chi connectivity index (χ2n) is 4.68. The Morgan fingerprint density at radius 1 is 0.864 bits per heavy atom. The van der Waals surface area contributed by atoms with Crippen molar-refractivity contribution in [1.29, 1.82) is 0 Å². The van der Waals surface area contributed by atoms with Crippen LogP contribution in [-0.2, 0) is 6.42 Å². The quantitative estimate of drug-likeness (QED) is 0.918. The normalized spacial score (nSPS) is 10.1. The average Bonchev–Trinajstić information content (AvgIpc) is 2.68. The Bertz CT molecular complexity index is 725. The van der Waals surface area contributed by atoms with Crippen LogP contribution in [0, 0.1) is 0 Å². The average molecular weight is 302 g/mol. The summed E-state index contributed by atoms with van der Waals surface area (Å²) in [5, 5.41) is 10.1. The second kappa shape index (κ2) is 6.85. The number of aromatic hydroxyl groups is 1. The largest absolute Gasteiger partial charge is 0.504 e. The summed E-state index contributed by atoms with van der Waals surface area (Å²) in [6.07, 6.45) is 0.312. The molecule has 5 heteroatoms. The first-order chi connectivity index (χ1) is 10.6. The molecule has 0 spiro atoms. The third-order valence-corrected chi connectivity index (χ3v) is 3.36. The number of rotatable bonds is 5. The Labute approximate surface area is 128 Å². The summed E-state index contributed by atoms with van der Waals surface area (Å²) in [7, 11) is 4.65. The zero-order valence-corrected chi connectivity index (χ0v) is 12.8. The molecule has 1 N–H and O–H groups in total.